The van der Waals surface area contributed by atoms with E-state index in [1.54, 1.807) is 11.3 Å². The predicted octanol–water partition coefficient (Wildman–Crippen LogP) is 3.52. The Kier molecular flexibility index (Phi) is 6.40. The maximum atomic E-state index is 4.64. The van der Waals surface area contributed by atoms with Crippen LogP contribution < -0.4 is 10.6 Å². The molecule has 1 aromatic heterocycles. The molecule has 0 spiro atoms. The summed E-state index contributed by atoms with van der Waals surface area (Å²) in [6, 6.07) is 10.6. The van der Waals surface area contributed by atoms with Crippen molar-refractivity contribution in [2.75, 3.05) is 6.54 Å². The Hall–Kier alpha value is -1.88. The molecule has 5 heteroatoms. The summed E-state index contributed by atoms with van der Waals surface area (Å²) in [4.78, 5) is 9.19. The van der Waals surface area contributed by atoms with E-state index in [4.69, 9.17) is 0 Å². The highest BCUT2D eigenvalue weighted by atomic mass is 32.1. The molecule has 0 amide bonds. The van der Waals surface area contributed by atoms with Gasteiger partial charge in [0.1, 0.15) is 0 Å². The van der Waals surface area contributed by atoms with Crippen LogP contribution in [0.15, 0.2) is 40.7 Å². The molecule has 0 aliphatic heterocycles. The van der Waals surface area contributed by atoms with Gasteiger partial charge in [0.15, 0.2) is 5.96 Å². The van der Waals surface area contributed by atoms with Crippen molar-refractivity contribution in [3.8, 4) is 0 Å². The topological polar surface area (TPSA) is 49.3 Å². The fourth-order valence-corrected chi connectivity index (χ4v) is 2.83. The summed E-state index contributed by atoms with van der Waals surface area (Å²) in [7, 11) is 0. The van der Waals surface area contributed by atoms with Gasteiger partial charge in [-0.2, -0.15) is 0 Å². The Labute approximate surface area is 136 Å². The van der Waals surface area contributed by atoms with E-state index < -0.39 is 0 Å². The zero-order chi connectivity index (χ0) is 15.8. The molecule has 1 atom stereocenters. The molecule has 2 N–H and O–H groups in total. The lowest BCUT2D eigenvalue weighted by molar-refractivity contribution is 0.686. The monoisotopic (exact) mass is 316 g/mol. The Bertz CT molecular complexity index is 592. The third-order valence-electron chi connectivity index (χ3n) is 3.30. The molecule has 2 rings (SSSR count). The lowest BCUT2D eigenvalue weighted by Gasteiger charge is -2.18. The molecule has 0 aliphatic rings. The van der Waals surface area contributed by atoms with E-state index in [1.807, 2.05) is 6.07 Å². The first kappa shape index (κ1) is 16.5. The lowest BCUT2D eigenvalue weighted by atomic mass is 10.1. The molecule has 0 bridgehead atoms. The van der Waals surface area contributed by atoms with Crippen molar-refractivity contribution >= 4 is 17.3 Å². The first-order chi connectivity index (χ1) is 10.7. The van der Waals surface area contributed by atoms with Gasteiger partial charge >= 0.3 is 0 Å². The van der Waals surface area contributed by atoms with Gasteiger partial charge in [-0.1, -0.05) is 37.3 Å². The van der Waals surface area contributed by atoms with Crippen molar-refractivity contribution in [1.82, 2.24) is 15.6 Å². The van der Waals surface area contributed by atoms with Crippen molar-refractivity contribution in [2.24, 2.45) is 4.99 Å². The number of aliphatic imine (C=N–C) groups is 1. The van der Waals surface area contributed by atoms with Gasteiger partial charge in [-0.05, 0) is 25.8 Å². The number of hydrogen-bond donors (Lipinski definition) is 2. The molecule has 1 unspecified atom stereocenters. The van der Waals surface area contributed by atoms with Gasteiger partial charge in [-0.25, -0.2) is 9.98 Å². The maximum absolute atomic E-state index is 4.64. The molecule has 0 saturated carbocycles. The van der Waals surface area contributed by atoms with Crippen LogP contribution in [0.5, 0.6) is 0 Å². The van der Waals surface area contributed by atoms with Crippen LogP contribution in [0.3, 0.4) is 0 Å². The van der Waals surface area contributed by atoms with Crippen LogP contribution in [0.2, 0.25) is 0 Å². The molecular formula is C17H24N4S. The Balaban J connectivity index is 2.00. The van der Waals surface area contributed by atoms with Gasteiger partial charge in [0.2, 0.25) is 0 Å². The fourth-order valence-electron chi connectivity index (χ4n) is 2.09. The highest BCUT2D eigenvalue weighted by Crippen LogP contribution is 2.12. The van der Waals surface area contributed by atoms with Crippen LogP contribution in [-0.4, -0.2) is 17.5 Å². The van der Waals surface area contributed by atoms with Crippen LogP contribution >= 0.6 is 11.3 Å². The molecule has 0 saturated heterocycles. The van der Waals surface area contributed by atoms with Crippen molar-refractivity contribution < 1.29 is 0 Å². The van der Waals surface area contributed by atoms with E-state index in [0.717, 1.165) is 24.6 Å². The van der Waals surface area contributed by atoms with Crippen LogP contribution in [0.4, 0.5) is 0 Å². The number of guanidine groups is 1. The van der Waals surface area contributed by atoms with Crippen LogP contribution in [-0.2, 0) is 13.0 Å². The number of aromatic nitrogens is 1. The number of rotatable bonds is 6. The van der Waals surface area contributed by atoms with E-state index in [9.17, 15) is 0 Å². The number of nitrogens with one attached hydrogen (secondary N) is 2. The highest BCUT2D eigenvalue weighted by molar-refractivity contribution is 7.09. The van der Waals surface area contributed by atoms with Gasteiger partial charge in [-0.3, -0.25) is 0 Å². The van der Waals surface area contributed by atoms with Gasteiger partial charge in [0, 0.05) is 11.9 Å². The minimum Gasteiger partial charge on any atom is -0.357 e. The smallest absolute Gasteiger partial charge is 0.192 e. The van der Waals surface area contributed by atoms with E-state index >= 15 is 0 Å². The summed E-state index contributed by atoms with van der Waals surface area (Å²) in [5.41, 5.74) is 2.28. The van der Waals surface area contributed by atoms with Crippen LogP contribution in [0, 0.1) is 0 Å². The second-order valence-electron chi connectivity index (χ2n) is 5.06. The first-order valence-corrected chi connectivity index (χ1v) is 8.64. The van der Waals surface area contributed by atoms with Crippen molar-refractivity contribution in [3.05, 3.63) is 52.0 Å². The summed E-state index contributed by atoms with van der Waals surface area (Å²) in [5.74, 6) is 0.824. The standard InChI is InChI=1S/C17H24N4S/c1-4-16-21-15(12-22-16)11-19-17(18-5-2)20-13(3)14-9-7-6-8-10-14/h6-10,12-13H,4-5,11H2,1-3H3,(H2,18,19,20). The molecule has 0 aliphatic carbocycles. The number of hydrogen-bond acceptors (Lipinski definition) is 3. The first-order valence-electron chi connectivity index (χ1n) is 7.76. The van der Waals surface area contributed by atoms with Crippen molar-refractivity contribution in [2.45, 2.75) is 39.8 Å². The maximum Gasteiger partial charge on any atom is 0.192 e. The van der Waals surface area contributed by atoms with Crippen LogP contribution in [0.25, 0.3) is 0 Å². The quantitative estimate of drug-likeness (QED) is 0.633. The molecule has 1 aromatic carbocycles. The number of thiazole rings is 1. The van der Waals surface area contributed by atoms with Gasteiger partial charge in [0.05, 0.1) is 23.3 Å². The number of benzene rings is 1. The molecule has 4 nitrogen and oxygen atoms in total. The largest absolute Gasteiger partial charge is 0.357 e. The number of aryl methyl sites for hydroxylation is 1. The van der Waals surface area contributed by atoms with Crippen molar-refractivity contribution in [3.63, 3.8) is 0 Å². The number of nitrogens with zero attached hydrogens (tertiary/aromatic N) is 2. The summed E-state index contributed by atoms with van der Waals surface area (Å²) in [6.45, 7) is 7.78. The van der Waals surface area contributed by atoms with E-state index in [2.05, 4.69) is 71.0 Å². The van der Waals surface area contributed by atoms with E-state index in [1.165, 1.54) is 10.6 Å². The van der Waals surface area contributed by atoms with Crippen molar-refractivity contribution in [1.29, 1.82) is 0 Å². The average molecular weight is 316 g/mol. The Morgan fingerprint density at radius 2 is 2.05 bits per heavy atom. The second kappa shape index (κ2) is 8.54. The lowest BCUT2D eigenvalue weighted by Crippen LogP contribution is -2.38. The summed E-state index contributed by atoms with van der Waals surface area (Å²) in [6.07, 6.45) is 0.984. The molecule has 2 aromatic rings. The normalized spacial score (nSPS) is 13.0. The third kappa shape index (κ3) is 4.84. The predicted molar refractivity (Wildman–Crippen MR) is 94.3 cm³/mol. The molecule has 22 heavy (non-hydrogen) atoms. The molecule has 0 radical (unpaired) electrons. The van der Waals surface area contributed by atoms with Gasteiger partial charge < -0.3 is 10.6 Å². The molecule has 0 fully saturated rings. The van der Waals surface area contributed by atoms with Gasteiger partial charge in [0.25, 0.3) is 0 Å². The summed E-state index contributed by atoms with van der Waals surface area (Å²) in [5, 5.41) is 9.99. The summed E-state index contributed by atoms with van der Waals surface area (Å²) < 4.78 is 0. The zero-order valence-corrected chi connectivity index (χ0v) is 14.3. The SMILES string of the molecule is CCNC(=NCc1csc(CC)n1)NC(C)c1ccccc1. The highest BCUT2D eigenvalue weighted by Gasteiger charge is 2.07. The van der Waals surface area contributed by atoms with Gasteiger partial charge in [-0.15, -0.1) is 11.3 Å². The van der Waals surface area contributed by atoms with E-state index in [0.29, 0.717) is 6.54 Å². The Morgan fingerprint density at radius 3 is 2.68 bits per heavy atom. The molecule has 1 heterocycles. The summed E-state index contributed by atoms with van der Waals surface area (Å²) >= 11 is 1.70. The molecule has 118 valence electrons. The van der Waals surface area contributed by atoms with E-state index in [-0.39, 0.29) is 6.04 Å². The minimum atomic E-state index is 0.209. The minimum absolute atomic E-state index is 0.209. The fraction of sp³-hybridized carbons (Fsp3) is 0.412. The second-order valence-corrected chi connectivity index (χ2v) is 6.00. The molecular weight excluding hydrogens is 292 g/mol. The average Bonchev–Trinajstić information content (AvgIpc) is 3.01. The third-order valence-corrected chi connectivity index (χ3v) is 4.34. The van der Waals surface area contributed by atoms with Crippen LogP contribution in [0.1, 0.15) is 43.1 Å². The zero-order valence-electron chi connectivity index (χ0n) is 13.5. The Morgan fingerprint density at radius 1 is 1.27 bits per heavy atom.